The summed E-state index contributed by atoms with van der Waals surface area (Å²) >= 11 is 3.64. The highest BCUT2D eigenvalue weighted by Gasteiger charge is 2.34. The van der Waals surface area contributed by atoms with E-state index in [4.69, 9.17) is 19.2 Å². The van der Waals surface area contributed by atoms with E-state index in [1.807, 2.05) is 12.1 Å². The number of carbonyl (C=O) groups is 1. The molecular formula is C32H32IN3O5S. The van der Waals surface area contributed by atoms with Crippen LogP contribution in [0, 0.1) is 24.3 Å². The first-order chi connectivity index (χ1) is 20.1. The monoisotopic (exact) mass is 697 g/mol. The summed E-state index contributed by atoms with van der Waals surface area (Å²) < 4.78 is 21.9. The molecule has 0 bridgehead atoms. The third-order valence-corrected chi connectivity index (χ3v) is 9.59. The highest BCUT2D eigenvalue weighted by atomic mass is 127. The van der Waals surface area contributed by atoms with Crippen LogP contribution >= 0.6 is 33.9 Å². The largest absolute Gasteiger partial charge is 0.493 e. The number of ether oxygens (including phenoxy) is 3. The van der Waals surface area contributed by atoms with E-state index >= 15 is 0 Å². The molecule has 0 spiro atoms. The highest BCUT2D eigenvalue weighted by Crippen LogP contribution is 2.36. The molecule has 218 valence electrons. The van der Waals surface area contributed by atoms with E-state index in [0.29, 0.717) is 37.7 Å². The van der Waals surface area contributed by atoms with Gasteiger partial charge in [0.2, 0.25) is 0 Å². The second kappa shape index (κ2) is 11.9. The lowest BCUT2D eigenvalue weighted by Crippen LogP contribution is -2.40. The average Bonchev–Trinajstić information content (AvgIpc) is 3.42. The molecule has 1 unspecified atom stereocenters. The summed E-state index contributed by atoms with van der Waals surface area (Å²) in [4.78, 5) is 32.6. The number of rotatable bonds is 7. The maximum atomic E-state index is 14.1. The van der Waals surface area contributed by atoms with Crippen LogP contribution in [-0.2, 0) is 9.53 Å². The first-order valence-electron chi connectivity index (χ1n) is 13.5. The standard InChI is InChI=1S/C32H32IN3O5S/c1-8-41-31(38)28-19(4)34-32-36(29(28)21-9-12-25(39-6)26(15-21)40-7)30(37)27(42-32)16-22-14-18(3)35(20(22)5)23-10-11-24(33)17(2)13-23/h9-16,29H,8H2,1-7H3/b27-16+. The quantitative estimate of drug-likeness (QED) is 0.198. The van der Waals surface area contributed by atoms with Gasteiger partial charge in [0.1, 0.15) is 0 Å². The number of hydrogen-bond acceptors (Lipinski definition) is 7. The number of hydrogen-bond donors (Lipinski definition) is 0. The number of carbonyl (C=O) groups excluding carboxylic acids is 1. The molecule has 2 aromatic carbocycles. The molecule has 2 aromatic heterocycles. The minimum atomic E-state index is -0.746. The fraction of sp³-hybridized carbons (Fsp3) is 0.281. The molecule has 0 saturated carbocycles. The fourth-order valence-electron chi connectivity index (χ4n) is 5.37. The molecule has 0 amide bonds. The van der Waals surface area contributed by atoms with Crippen LogP contribution in [0.5, 0.6) is 11.5 Å². The number of allylic oxidation sites excluding steroid dienone is 1. The van der Waals surface area contributed by atoms with Crippen LogP contribution in [0.15, 0.2) is 63.5 Å². The highest BCUT2D eigenvalue weighted by molar-refractivity contribution is 14.1. The molecule has 3 heterocycles. The summed E-state index contributed by atoms with van der Waals surface area (Å²) in [5, 5.41) is 0. The lowest BCUT2D eigenvalue weighted by Gasteiger charge is -2.25. The van der Waals surface area contributed by atoms with Crippen molar-refractivity contribution in [2.75, 3.05) is 20.8 Å². The van der Waals surface area contributed by atoms with Crippen molar-refractivity contribution in [1.82, 2.24) is 9.13 Å². The number of thiazole rings is 1. The van der Waals surface area contributed by atoms with Crippen LogP contribution in [-0.4, -0.2) is 35.9 Å². The third kappa shape index (κ3) is 5.22. The number of nitrogens with zero attached hydrogens (tertiary/aromatic N) is 3. The molecule has 8 nitrogen and oxygen atoms in total. The Morgan fingerprint density at radius 3 is 2.45 bits per heavy atom. The third-order valence-electron chi connectivity index (χ3n) is 7.40. The predicted octanol–water partition coefficient (Wildman–Crippen LogP) is 5.14. The van der Waals surface area contributed by atoms with Gasteiger partial charge in [0.15, 0.2) is 16.3 Å². The molecule has 0 aliphatic carbocycles. The number of methoxy groups -OCH3 is 2. The van der Waals surface area contributed by atoms with Crippen LogP contribution in [0.3, 0.4) is 0 Å². The summed E-state index contributed by atoms with van der Waals surface area (Å²) in [5.74, 6) is 0.531. The van der Waals surface area contributed by atoms with Gasteiger partial charge >= 0.3 is 5.97 Å². The van der Waals surface area contributed by atoms with E-state index in [1.165, 1.54) is 20.5 Å². The molecule has 0 N–H and O–H groups in total. The van der Waals surface area contributed by atoms with E-state index in [-0.39, 0.29) is 12.2 Å². The van der Waals surface area contributed by atoms with Crippen molar-refractivity contribution in [2.45, 2.75) is 40.7 Å². The van der Waals surface area contributed by atoms with Gasteiger partial charge in [0.25, 0.3) is 5.56 Å². The zero-order valence-corrected chi connectivity index (χ0v) is 27.5. The Morgan fingerprint density at radius 1 is 1.05 bits per heavy atom. The summed E-state index contributed by atoms with van der Waals surface area (Å²) in [6, 6.07) is 13.1. The summed E-state index contributed by atoms with van der Waals surface area (Å²) in [5.41, 5.74) is 6.59. The van der Waals surface area contributed by atoms with Crippen molar-refractivity contribution in [1.29, 1.82) is 0 Å². The Hall–Kier alpha value is -3.64. The topological polar surface area (TPSA) is 84.1 Å². The number of aryl methyl sites for hydroxylation is 2. The molecular weight excluding hydrogens is 665 g/mol. The molecule has 1 aliphatic rings. The molecule has 1 aliphatic heterocycles. The van der Waals surface area contributed by atoms with Gasteiger partial charge in [-0.15, -0.1) is 0 Å². The number of aromatic nitrogens is 2. The van der Waals surface area contributed by atoms with Crippen LogP contribution < -0.4 is 24.4 Å². The molecule has 1 atom stereocenters. The molecule has 0 radical (unpaired) electrons. The van der Waals surface area contributed by atoms with Gasteiger partial charge in [0, 0.05) is 20.6 Å². The SMILES string of the molecule is CCOC(=O)C1=C(C)N=c2s/c(=C/c3cc(C)n(-c4ccc(I)c(C)c4)c3C)c(=O)n2C1c1ccc(OC)c(OC)c1. The van der Waals surface area contributed by atoms with Crippen molar-refractivity contribution >= 4 is 46.0 Å². The summed E-state index contributed by atoms with van der Waals surface area (Å²) in [6.07, 6.45) is 1.91. The smallest absolute Gasteiger partial charge is 0.338 e. The molecule has 0 fully saturated rings. The van der Waals surface area contributed by atoms with Crippen molar-refractivity contribution in [3.8, 4) is 17.2 Å². The lowest BCUT2D eigenvalue weighted by molar-refractivity contribution is -0.139. The molecule has 5 rings (SSSR count). The van der Waals surface area contributed by atoms with Gasteiger partial charge in [-0.3, -0.25) is 9.36 Å². The molecule has 42 heavy (non-hydrogen) atoms. The number of fused-ring (bicyclic) bond motifs is 1. The Morgan fingerprint density at radius 2 is 1.79 bits per heavy atom. The van der Waals surface area contributed by atoms with Gasteiger partial charge < -0.3 is 18.8 Å². The van der Waals surface area contributed by atoms with Gasteiger partial charge in [-0.25, -0.2) is 9.79 Å². The second-order valence-corrected chi connectivity index (χ2v) is 12.2. The Kier molecular flexibility index (Phi) is 8.47. The van der Waals surface area contributed by atoms with Gasteiger partial charge in [0.05, 0.1) is 42.7 Å². The van der Waals surface area contributed by atoms with E-state index < -0.39 is 12.0 Å². The Bertz CT molecular complexity index is 1930. The summed E-state index contributed by atoms with van der Waals surface area (Å²) in [6.45, 7) is 9.94. The second-order valence-electron chi connectivity index (χ2n) is 10.0. The van der Waals surface area contributed by atoms with E-state index in [1.54, 1.807) is 44.8 Å². The number of esters is 1. The van der Waals surface area contributed by atoms with E-state index in [2.05, 4.69) is 72.2 Å². The van der Waals surface area contributed by atoms with Crippen molar-refractivity contribution in [3.63, 3.8) is 0 Å². The van der Waals surface area contributed by atoms with Gasteiger partial charge in [-0.05, 0) is 116 Å². The van der Waals surface area contributed by atoms with Crippen molar-refractivity contribution in [2.24, 2.45) is 4.99 Å². The number of halogens is 1. The zero-order chi connectivity index (χ0) is 30.3. The Labute approximate surface area is 261 Å². The minimum Gasteiger partial charge on any atom is -0.493 e. The van der Waals surface area contributed by atoms with Gasteiger partial charge in [-0.1, -0.05) is 17.4 Å². The van der Waals surface area contributed by atoms with Crippen molar-refractivity contribution < 1.29 is 19.0 Å². The van der Waals surface area contributed by atoms with Crippen LogP contribution in [0.4, 0.5) is 0 Å². The normalized spacial score (nSPS) is 15.0. The zero-order valence-electron chi connectivity index (χ0n) is 24.6. The fourth-order valence-corrected chi connectivity index (χ4v) is 6.74. The maximum absolute atomic E-state index is 14.1. The van der Waals surface area contributed by atoms with Crippen LogP contribution in [0.1, 0.15) is 48.0 Å². The van der Waals surface area contributed by atoms with E-state index in [9.17, 15) is 9.59 Å². The predicted molar refractivity (Wildman–Crippen MR) is 173 cm³/mol. The average molecular weight is 698 g/mol. The van der Waals surface area contributed by atoms with E-state index in [0.717, 1.165) is 22.6 Å². The minimum absolute atomic E-state index is 0.203. The summed E-state index contributed by atoms with van der Waals surface area (Å²) in [7, 11) is 3.11. The first kappa shape index (κ1) is 29.8. The molecule has 0 saturated heterocycles. The molecule has 4 aromatic rings. The number of benzene rings is 2. The van der Waals surface area contributed by atoms with Crippen LogP contribution in [0.2, 0.25) is 0 Å². The van der Waals surface area contributed by atoms with Crippen LogP contribution in [0.25, 0.3) is 11.8 Å². The molecule has 10 heteroatoms. The van der Waals surface area contributed by atoms with Crippen molar-refractivity contribution in [3.05, 3.63) is 105 Å². The Balaban J connectivity index is 1.70. The maximum Gasteiger partial charge on any atom is 0.338 e. The van der Waals surface area contributed by atoms with Gasteiger partial charge in [-0.2, -0.15) is 0 Å². The lowest BCUT2D eigenvalue weighted by atomic mass is 9.95. The first-order valence-corrected chi connectivity index (χ1v) is 15.4.